The van der Waals surface area contributed by atoms with Crippen LogP contribution in [0.25, 0.3) is 0 Å². The van der Waals surface area contributed by atoms with Gasteiger partial charge < -0.3 is 20.7 Å². The zero-order valence-electron chi connectivity index (χ0n) is 16.6. The van der Waals surface area contributed by atoms with Gasteiger partial charge in [-0.2, -0.15) is 0 Å². The SMILES string of the molecule is C=CC(=O)NCc1ccccc1C(=O)NC(C)(C)CNC(=O)OC(C)(C)C. The van der Waals surface area contributed by atoms with Crippen LogP contribution in [0.1, 0.15) is 50.5 Å². The zero-order chi connectivity index (χ0) is 20.7. The summed E-state index contributed by atoms with van der Waals surface area (Å²) >= 11 is 0. The summed E-state index contributed by atoms with van der Waals surface area (Å²) in [6.45, 7) is 12.7. The highest BCUT2D eigenvalue weighted by molar-refractivity contribution is 5.96. The largest absolute Gasteiger partial charge is 0.444 e. The van der Waals surface area contributed by atoms with Crippen LogP contribution in [-0.4, -0.2) is 35.6 Å². The molecule has 27 heavy (non-hydrogen) atoms. The molecule has 1 aromatic rings. The predicted molar refractivity (Wildman–Crippen MR) is 104 cm³/mol. The monoisotopic (exact) mass is 375 g/mol. The Morgan fingerprint density at radius 3 is 2.30 bits per heavy atom. The van der Waals surface area contributed by atoms with Gasteiger partial charge in [-0.05, 0) is 52.3 Å². The minimum absolute atomic E-state index is 0.197. The molecule has 0 aliphatic carbocycles. The van der Waals surface area contributed by atoms with Gasteiger partial charge in [0.1, 0.15) is 5.60 Å². The summed E-state index contributed by atoms with van der Waals surface area (Å²) in [6.07, 6.45) is 0.631. The fourth-order valence-electron chi connectivity index (χ4n) is 2.18. The van der Waals surface area contributed by atoms with E-state index in [1.165, 1.54) is 6.08 Å². The van der Waals surface area contributed by atoms with Crippen LogP contribution in [0.5, 0.6) is 0 Å². The molecule has 3 N–H and O–H groups in total. The first kappa shape index (κ1) is 22.2. The van der Waals surface area contributed by atoms with Crippen molar-refractivity contribution in [2.45, 2.75) is 52.3 Å². The van der Waals surface area contributed by atoms with Crippen molar-refractivity contribution in [3.63, 3.8) is 0 Å². The van der Waals surface area contributed by atoms with E-state index in [1.54, 1.807) is 58.9 Å². The van der Waals surface area contributed by atoms with Crippen LogP contribution in [-0.2, 0) is 16.1 Å². The maximum Gasteiger partial charge on any atom is 0.407 e. The van der Waals surface area contributed by atoms with E-state index in [1.807, 2.05) is 0 Å². The molecule has 0 atom stereocenters. The molecule has 1 rings (SSSR count). The highest BCUT2D eigenvalue weighted by Crippen LogP contribution is 2.12. The standard InChI is InChI=1S/C20H29N3O4/c1-7-16(24)21-12-14-10-8-9-11-15(14)17(25)23-20(5,6)13-22-18(26)27-19(2,3)4/h7-11H,1,12-13H2,2-6H3,(H,21,24)(H,22,26)(H,23,25). The smallest absolute Gasteiger partial charge is 0.407 e. The van der Waals surface area contributed by atoms with Gasteiger partial charge in [-0.15, -0.1) is 0 Å². The van der Waals surface area contributed by atoms with Crippen molar-refractivity contribution in [2.75, 3.05) is 6.54 Å². The van der Waals surface area contributed by atoms with E-state index in [0.29, 0.717) is 11.1 Å². The maximum atomic E-state index is 12.7. The molecule has 148 valence electrons. The van der Waals surface area contributed by atoms with E-state index in [2.05, 4.69) is 22.5 Å². The Bertz CT molecular complexity index is 705. The van der Waals surface area contributed by atoms with Crippen LogP contribution < -0.4 is 16.0 Å². The van der Waals surface area contributed by atoms with E-state index < -0.39 is 17.2 Å². The van der Waals surface area contributed by atoms with Crippen molar-refractivity contribution < 1.29 is 19.1 Å². The molecule has 0 saturated heterocycles. The Hall–Kier alpha value is -2.83. The Morgan fingerprint density at radius 1 is 1.07 bits per heavy atom. The number of ether oxygens (including phenoxy) is 1. The summed E-state index contributed by atoms with van der Waals surface area (Å²) in [5.41, 5.74) is -0.161. The molecule has 0 heterocycles. The first-order valence-corrected chi connectivity index (χ1v) is 8.71. The van der Waals surface area contributed by atoms with Crippen molar-refractivity contribution in [3.8, 4) is 0 Å². The Kier molecular flexibility index (Phi) is 7.57. The van der Waals surface area contributed by atoms with E-state index in [0.717, 1.165) is 0 Å². The van der Waals surface area contributed by atoms with E-state index >= 15 is 0 Å². The van der Waals surface area contributed by atoms with E-state index in [-0.39, 0.29) is 24.9 Å². The first-order valence-electron chi connectivity index (χ1n) is 8.71. The third-order valence-corrected chi connectivity index (χ3v) is 3.43. The zero-order valence-corrected chi connectivity index (χ0v) is 16.6. The van der Waals surface area contributed by atoms with Gasteiger partial charge in [-0.3, -0.25) is 9.59 Å². The lowest BCUT2D eigenvalue weighted by Crippen LogP contribution is -2.52. The average molecular weight is 375 g/mol. The van der Waals surface area contributed by atoms with Crippen LogP contribution in [0, 0.1) is 0 Å². The Morgan fingerprint density at radius 2 is 1.70 bits per heavy atom. The summed E-state index contributed by atoms with van der Waals surface area (Å²) in [4.78, 5) is 35.8. The first-order chi connectivity index (χ1) is 12.4. The number of carbonyl (C=O) groups is 3. The number of hydrogen-bond donors (Lipinski definition) is 3. The third-order valence-electron chi connectivity index (χ3n) is 3.43. The molecule has 0 radical (unpaired) electrons. The summed E-state index contributed by atoms with van der Waals surface area (Å²) in [6, 6.07) is 6.99. The second-order valence-corrected chi connectivity index (χ2v) is 7.77. The molecular weight excluding hydrogens is 346 g/mol. The van der Waals surface area contributed by atoms with Crippen molar-refractivity contribution >= 4 is 17.9 Å². The molecule has 3 amide bonds. The van der Waals surface area contributed by atoms with E-state index in [9.17, 15) is 14.4 Å². The maximum absolute atomic E-state index is 12.7. The summed E-state index contributed by atoms with van der Waals surface area (Å²) < 4.78 is 5.20. The number of benzene rings is 1. The van der Waals surface area contributed by atoms with Crippen molar-refractivity contribution in [2.24, 2.45) is 0 Å². The number of hydrogen-bond acceptors (Lipinski definition) is 4. The fraction of sp³-hybridized carbons (Fsp3) is 0.450. The molecule has 0 spiro atoms. The topological polar surface area (TPSA) is 96.5 Å². The van der Waals surface area contributed by atoms with Crippen molar-refractivity contribution in [3.05, 3.63) is 48.0 Å². The van der Waals surface area contributed by atoms with Gasteiger partial charge in [0.05, 0.1) is 5.54 Å². The van der Waals surface area contributed by atoms with Gasteiger partial charge in [-0.25, -0.2) is 4.79 Å². The van der Waals surface area contributed by atoms with E-state index in [4.69, 9.17) is 4.74 Å². The number of alkyl carbamates (subject to hydrolysis) is 1. The van der Waals surface area contributed by atoms with Crippen molar-refractivity contribution in [1.82, 2.24) is 16.0 Å². The average Bonchev–Trinajstić information content (AvgIpc) is 2.56. The summed E-state index contributed by atoms with van der Waals surface area (Å²) in [5, 5.41) is 8.20. The van der Waals surface area contributed by atoms with Crippen LogP contribution >= 0.6 is 0 Å². The van der Waals surface area contributed by atoms with Gasteiger partial charge in [0.15, 0.2) is 0 Å². The molecule has 0 unspecified atom stereocenters. The minimum Gasteiger partial charge on any atom is -0.444 e. The third kappa shape index (κ3) is 8.40. The lowest BCUT2D eigenvalue weighted by Gasteiger charge is -2.28. The molecule has 0 aliphatic heterocycles. The van der Waals surface area contributed by atoms with Crippen LogP contribution in [0.3, 0.4) is 0 Å². The quantitative estimate of drug-likeness (QED) is 0.638. The number of amides is 3. The highest BCUT2D eigenvalue weighted by atomic mass is 16.6. The number of carbonyl (C=O) groups excluding carboxylic acids is 3. The Balaban J connectivity index is 2.72. The molecule has 1 aromatic carbocycles. The normalized spacial score (nSPS) is 11.3. The number of rotatable bonds is 7. The fourth-order valence-corrected chi connectivity index (χ4v) is 2.18. The lowest BCUT2D eigenvalue weighted by atomic mass is 10.0. The molecule has 0 aliphatic rings. The predicted octanol–water partition coefficient (Wildman–Crippen LogP) is 2.52. The van der Waals surface area contributed by atoms with Gasteiger partial charge in [-0.1, -0.05) is 24.8 Å². The van der Waals surface area contributed by atoms with Gasteiger partial charge in [0.25, 0.3) is 5.91 Å². The molecule has 7 heteroatoms. The van der Waals surface area contributed by atoms with Gasteiger partial charge in [0, 0.05) is 18.7 Å². The molecule has 7 nitrogen and oxygen atoms in total. The molecule has 0 saturated carbocycles. The van der Waals surface area contributed by atoms with Gasteiger partial charge in [0.2, 0.25) is 5.91 Å². The van der Waals surface area contributed by atoms with Crippen molar-refractivity contribution in [1.29, 1.82) is 0 Å². The second kappa shape index (κ2) is 9.21. The van der Waals surface area contributed by atoms with Gasteiger partial charge >= 0.3 is 6.09 Å². The number of nitrogens with one attached hydrogen (secondary N) is 3. The Labute approximate surface area is 160 Å². The van der Waals surface area contributed by atoms with Crippen LogP contribution in [0.15, 0.2) is 36.9 Å². The summed E-state index contributed by atoms with van der Waals surface area (Å²) in [5.74, 6) is -0.610. The van der Waals surface area contributed by atoms with Crippen LogP contribution in [0.4, 0.5) is 4.79 Å². The van der Waals surface area contributed by atoms with Crippen LogP contribution in [0.2, 0.25) is 0 Å². The molecule has 0 bridgehead atoms. The molecule has 0 fully saturated rings. The highest BCUT2D eigenvalue weighted by Gasteiger charge is 2.24. The minimum atomic E-state index is -0.703. The lowest BCUT2D eigenvalue weighted by molar-refractivity contribution is -0.116. The second-order valence-electron chi connectivity index (χ2n) is 7.77. The summed E-state index contributed by atoms with van der Waals surface area (Å²) in [7, 11) is 0. The molecule has 0 aromatic heterocycles. The molecular formula is C20H29N3O4.